The largest absolute Gasteiger partial charge is 0.149 e. The number of aryl methyl sites for hydroxylation is 1. The van der Waals surface area contributed by atoms with Crippen LogP contribution < -0.4 is 0 Å². The van der Waals surface area contributed by atoms with Crippen molar-refractivity contribution in [2.24, 2.45) is 0 Å². The Morgan fingerprint density at radius 1 is 1.29 bits per heavy atom. The van der Waals surface area contributed by atoms with Crippen LogP contribution in [0.15, 0.2) is 29.0 Å². The Morgan fingerprint density at radius 3 is 2.71 bits per heavy atom. The first-order valence-corrected chi connectivity index (χ1v) is 7.15. The SMILES string of the molecule is Cc1ccsc1C(Br)Cc1cccs1. The molecule has 0 N–H and O–H groups in total. The van der Waals surface area contributed by atoms with E-state index in [1.807, 2.05) is 22.7 Å². The monoisotopic (exact) mass is 286 g/mol. The van der Waals surface area contributed by atoms with Gasteiger partial charge in [0.15, 0.2) is 0 Å². The first-order valence-electron chi connectivity index (χ1n) is 4.48. The lowest BCUT2D eigenvalue weighted by atomic mass is 10.2. The summed E-state index contributed by atoms with van der Waals surface area (Å²) in [6, 6.07) is 6.49. The van der Waals surface area contributed by atoms with Crippen molar-refractivity contribution in [1.29, 1.82) is 0 Å². The first-order chi connectivity index (χ1) is 6.77. The van der Waals surface area contributed by atoms with E-state index in [9.17, 15) is 0 Å². The van der Waals surface area contributed by atoms with E-state index in [4.69, 9.17) is 0 Å². The molecular formula is C11H11BrS2. The van der Waals surface area contributed by atoms with Gasteiger partial charge >= 0.3 is 0 Å². The molecule has 0 amide bonds. The molecule has 3 heteroatoms. The molecule has 0 aliphatic heterocycles. The van der Waals surface area contributed by atoms with E-state index in [1.165, 1.54) is 15.3 Å². The highest BCUT2D eigenvalue weighted by atomic mass is 79.9. The van der Waals surface area contributed by atoms with Gasteiger partial charge in [-0.05, 0) is 41.8 Å². The lowest BCUT2D eigenvalue weighted by molar-refractivity contribution is 0.982. The number of alkyl halides is 1. The zero-order chi connectivity index (χ0) is 9.97. The first kappa shape index (κ1) is 10.4. The van der Waals surface area contributed by atoms with Gasteiger partial charge in [0.1, 0.15) is 0 Å². The van der Waals surface area contributed by atoms with E-state index in [0.717, 1.165) is 6.42 Å². The molecule has 2 heterocycles. The summed E-state index contributed by atoms with van der Waals surface area (Å²) in [7, 11) is 0. The maximum Gasteiger partial charge on any atom is 0.0539 e. The van der Waals surface area contributed by atoms with Gasteiger partial charge in [-0.2, -0.15) is 0 Å². The average Bonchev–Trinajstić information content (AvgIpc) is 2.75. The Hall–Kier alpha value is -0.120. The Kier molecular flexibility index (Phi) is 3.42. The van der Waals surface area contributed by atoms with E-state index >= 15 is 0 Å². The van der Waals surface area contributed by atoms with Gasteiger partial charge in [-0.15, -0.1) is 22.7 Å². The molecule has 74 valence electrons. The van der Waals surface area contributed by atoms with Crippen molar-refractivity contribution in [2.75, 3.05) is 0 Å². The Morgan fingerprint density at radius 2 is 2.14 bits per heavy atom. The van der Waals surface area contributed by atoms with Gasteiger partial charge in [0.25, 0.3) is 0 Å². The van der Waals surface area contributed by atoms with Gasteiger partial charge in [-0.1, -0.05) is 22.0 Å². The fourth-order valence-corrected chi connectivity index (χ4v) is 4.31. The van der Waals surface area contributed by atoms with Crippen molar-refractivity contribution in [1.82, 2.24) is 0 Å². The standard InChI is InChI=1S/C11H11BrS2/c1-8-4-6-14-11(8)10(12)7-9-3-2-5-13-9/h2-6,10H,7H2,1H3. The molecule has 1 unspecified atom stereocenters. The molecule has 2 aromatic rings. The second-order valence-electron chi connectivity index (χ2n) is 3.22. The molecule has 0 aliphatic rings. The third kappa shape index (κ3) is 2.27. The van der Waals surface area contributed by atoms with Crippen molar-refractivity contribution in [2.45, 2.75) is 18.2 Å². The van der Waals surface area contributed by atoms with Crippen LogP contribution in [0.5, 0.6) is 0 Å². The Bertz CT molecular complexity index is 389. The van der Waals surface area contributed by atoms with Crippen molar-refractivity contribution in [3.8, 4) is 0 Å². The van der Waals surface area contributed by atoms with Gasteiger partial charge < -0.3 is 0 Å². The van der Waals surface area contributed by atoms with E-state index in [0.29, 0.717) is 4.83 Å². The highest BCUT2D eigenvalue weighted by Gasteiger charge is 2.12. The van der Waals surface area contributed by atoms with E-state index < -0.39 is 0 Å². The molecule has 0 nitrogen and oxygen atoms in total. The number of halogens is 1. The van der Waals surface area contributed by atoms with Crippen LogP contribution in [-0.4, -0.2) is 0 Å². The van der Waals surface area contributed by atoms with Gasteiger partial charge in [0, 0.05) is 9.75 Å². The summed E-state index contributed by atoms with van der Waals surface area (Å²) in [6.45, 7) is 2.18. The van der Waals surface area contributed by atoms with Crippen LogP contribution in [-0.2, 0) is 6.42 Å². The summed E-state index contributed by atoms with van der Waals surface area (Å²) in [5, 5.41) is 4.30. The molecular weight excluding hydrogens is 276 g/mol. The van der Waals surface area contributed by atoms with Crippen LogP contribution in [0, 0.1) is 6.92 Å². The molecule has 0 saturated heterocycles. The summed E-state index contributed by atoms with van der Waals surface area (Å²) in [4.78, 5) is 3.37. The second kappa shape index (κ2) is 4.60. The molecule has 14 heavy (non-hydrogen) atoms. The molecule has 0 aliphatic carbocycles. The molecule has 0 radical (unpaired) electrons. The van der Waals surface area contributed by atoms with E-state index in [-0.39, 0.29) is 0 Å². The summed E-state index contributed by atoms with van der Waals surface area (Å²) >= 11 is 7.42. The van der Waals surface area contributed by atoms with Crippen LogP contribution in [0.3, 0.4) is 0 Å². The predicted molar refractivity (Wildman–Crippen MR) is 68.7 cm³/mol. The average molecular weight is 287 g/mol. The summed E-state index contributed by atoms with van der Waals surface area (Å²) in [6.07, 6.45) is 1.10. The zero-order valence-corrected chi connectivity index (χ0v) is 11.1. The molecule has 2 rings (SSSR count). The number of thiophene rings is 2. The van der Waals surface area contributed by atoms with E-state index in [1.54, 1.807) is 0 Å². The topological polar surface area (TPSA) is 0 Å². The molecule has 0 saturated carbocycles. The lowest BCUT2D eigenvalue weighted by Crippen LogP contribution is -1.91. The maximum absolute atomic E-state index is 3.75. The van der Waals surface area contributed by atoms with Crippen molar-refractivity contribution in [3.63, 3.8) is 0 Å². The van der Waals surface area contributed by atoms with Crippen LogP contribution >= 0.6 is 38.6 Å². The number of hydrogen-bond donors (Lipinski definition) is 0. The fourth-order valence-electron chi connectivity index (χ4n) is 1.40. The highest BCUT2D eigenvalue weighted by molar-refractivity contribution is 9.09. The minimum Gasteiger partial charge on any atom is -0.149 e. The fraction of sp³-hybridized carbons (Fsp3) is 0.273. The van der Waals surface area contributed by atoms with Gasteiger partial charge in [-0.3, -0.25) is 0 Å². The van der Waals surface area contributed by atoms with Crippen molar-refractivity contribution in [3.05, 3.63) is 44.3 Å². The third-order valence-electron chi connectivity index (χ3n) is 2.15. The van der Waals surface area contributed by atoms with Gasteiger partial charge in [0.2, 0.25) is 0 Å². The summed E-state index contributed by atoms with van der Waals surface area (Å²) in [5.74, 6) is 0. The minimum absolute atomic E-state index is 0.473. The van der Waals surface area contributed by atoms with Crippen molar-refractivity contribution < 1.29 is 0 Å². The maximum atomic E-state index is 3.75. The molecule has 2 aromatic heterocycles. The number of hydrogen-bond acceptors (Lipinski definition) is 2. The Balaban J connectivity index is 2.10. The zero-order valence-electron chi connectivity index (χ0n) is 7.87. The van der Waals surface area contributed by atoms with Crippen LogP contribution in [0.4, 0.5) is 0 Å². The lowest BCUT2D eigenvalue weighted by Gasteiger charge is -2.07. The Labute approximate surface area is 101 Å². The second-order valence-corrected chi connectivity index (χ2v) is 6.30. The normalized spacial score (nSPS) is 13.0. The van der Waals surface area contributed by atoms with Crippen LogP contribution in [0.1, 0.15) is 20.1 Å². The quantitative estimate of drug-likeness (QED) is 0.711. The van der Waals surface area contributed by atoms with Crippen molar-refractivity contribution >= 4 is 38.6 Å². The highest BCUT2D eigenvalue weighted by Crippen LogP contribution is 2.34. The minimum atomic E-state index is 0.473. The van der Waals surface area contributed by atoms with E-state index in [2.05, 4.69) is 51.8 Å². The molecule has 0 fully saturated rings. The van der Waals surface area contributed by atoms with Crippen LogP contribution in [0.2, 0.25) is 0 Å². The smallest absolute Gasteiger partial charge is 0.0539 e. The van der Waals surface area contributed by atoms with Gasteiger partial charge in [0.05, 0.1) is 4.83 Å². The summed E-state index contributed by atoms with van der Waals surface area (Å²) in [5.41, 5.74) is 1.40. The summed E-state index contributed by atoms with van der Waals surface area (Å²) < 4.78 is 0. The van der Waals surface area contributed by atoms with Gasteiger partial charge in [-0.25, -0.2) is 0 Å². The third-order valence-corrected chi connectivity index (χ3v) is 5.26. The molecule has 0 bridgehead atoms. The number of rotatable bonds is 3. The molecule has 0 spiro atoms. The molecule has 0 aromatic carbocycles. The predicted octanol–water partition coefficient (Wildman–Crippen LogP) is 4.80. The van der Waals surface area contributed by atoms with Crippen LogP contribution in [0.25, 0.3) is 0 Å². The molecule has 1 atom stereocenters.